The van der Waals surface area contributed by atoms with Gasteiger partial charge in [-0.3, -0.25) is 14.2 Å². The number of aliphatic imine (C=N–C) groups is 1. The van der Waals surface area contributed by atoms with Gasteiger partial charge in [0.15, 0.2) is 11.0 Å². The summed E-state index contributed by atoms with van der Waals surface area (Å²) in [6, 6.07) is 28.1. The normalized spacial score (nSPS) is 16.8. The molecule has 192 valence electrons. The molecule has 0 saturated carbocycles. The molecule has 9 nitrogen and oxygen atoms in total. The van der Waals surface area contributed by atoms with E-state index in [1.54, 1.807) is 12.1 Å². The van der Waals surface area contributed by atoms with E-state index in [0.717, 1.165) is 17.1 Å². The van der Waals surface area contributed by atoms with Crippen LogP contribution < -0.4 is 9.75 Å². The molecule has 4 aromatic rings. The lowest BCUT2D eigenvalue weighted by molar-refractivity contribution is -0.116. The van der Waals surface area contributed by atoms with Crippen molar-refractivity contribution in [2.24, 2.45) is 4.99 Å². The van der Waals surface area contributed by atoms with E-state index in [0.29, 0.717) is 11.0 Å². The zero-order chi connectivity index (χ0) is 26.5. The zero-order valence-corrected chi connectivity index (χ0v) is 21.8. The Labute approximate surface area is 224 Å². The van der Waals surface area contributed by atoms with Crippen LogP contribution in [-0.2, 0) is 16.2 Å². The minimum Gasteiger partial charge on any atom is -0.486 e. The molecular weight excluding hydrogens is 500 g/mol. The smallest absolute Gasteiger partial charge is 0.289 e. The lowest BCUT2D eigenvalue weighted by Gasteiger charge is -2.25. The van der Waals surface area contributed by atoms with E-state index in [-0.39, 0.29) is 30.0 Å². The molecule has 10 heteroatoms. The molecule has 2 amide bonds. The molecule has 0 bridgehead atoms. The predicted octanol–water partition coefficient (Wildman–Crippen LogP) is 4.19. The topological polar surface area (TPSA) is 92.9 Å². The lowest BCUT2D eigenvalue weighted by Crippen LogP contribution is -2.38. The minimum absolute atomic E-state index is 0.00304. The summed E-state index contributed by atoms with van der Waals surface area (Å²) in [6.45, 7) is 2.06. The predicted molar refractivity (Wildman–Crippen MR) is 146 cm³/mol. The van der Waals surface area contributed by atoms with E-state index < -0.39 is 5.91 Å². The van der Waals surface area contributed by atoms with E-state index in [2.05, 4.69) is 15.2 Å². The van der Waals surface area contributed by atoms with Crippen molar-refractivity contribution >= 4 is 35.0 Å². The number of anilines is 1. The van der Waals surface area contributed by atoms with E-state index >= 15 is 0 Å². The van der Waals surface area contributed by atoms with Gasteiger partial charge in [-0.25, -0.2) is 15.0 Å². The second-order valence-corrected chi connectivity index (χ2v) is 9.50. The Morgan fingerprint density at radius 1 is 0.921 bits per heavy atom. The third-order valence-electron chi connectivity index (χ3n) is 6.08. The van der Waals surface area contributed by atoms with Gasteiger partial charge in [0, 0.05) is 12.7 Å². The number of carbonyl (C=O) groups excluding carboxylic acids is 2. The van der Waals surface area contributed by atoms with E-state index in [1.807, 2.05) is 102 Å². The van der Waals surface area contributed by atoms with E-state index in [9.17, 15) is 9.59 Å². The molecule has 2 heterocycles. The van der Waals surface area contributed by atoms with Crippen LogP contribution in [0.2, 0.25) is 0 Å². The first-order valence-electron chi connectivity index (χ1n) is 12.1. The van der Waals surface area contributed by atoms with Gasteiger partial charge in [0.25, 0.3) is 11.8 Å². The molecule has 0 N–H and O–H groups in total. The van der Waals surface area contributed by atoms with Gasteiger partial charge in [-0.05, 0) is 43.3 Å². The average Bonchev–Trinajstić information content (AvgIpc) is 3.46. The van der Waals surface area contributed by atoms with Crippen LogP contribution in [0.25, 0.3) is 5.69 Å². The number of carbonyl (C=O) groups is 2. The maximum absolute atomic E-state index is 13.1. The highest BCUT2D eigenvalue weighted by molar-refractivity contribution is 7.99. The average molecular weight is 527 g/mol. The fourth-order valence-electron chi connectivity index (χ4n) is 4.07. The first-order chi connectivity index (χ1) is 18.5. The molecular formula is C28H26N6O3S. The fourth-order valence-corrected chi connectivity index (χ4v) is 4.83. The Hall–Kier alpha value is -4.28. The first-order valence-corrected chi connectivity index (χ1v) is 13.1. The minimum atomic E-state index is -0.418. The standard InChI is InChI=1S/C28H26N6O3S/c1-20-26(27(36)34(32(20)2)22-14-8-4-9-15-22)29-25(35)19-38-28-31-30-24(18-37-23-16-10-5-11-17-23)33(28)21-12-6-3-7-13-21/h3-17,20H,18-19H2,1-2H3. The molecule has 1 fully saturated rings. The number of aromatic nitrogens is 3. The van der Waals surface area contributed by atoms with Crippen LogP contribution >= 0.6 is 11.8 Å². The number of rotatable bonds is 8. The van der Waals surface area contributed by atoms with Gasteiger partial charge in [0.05, 0.1) is 17.5 Å². The third kappa shape index (κ3) is 5.36. The summed E-state index contributed by atoms with van der Waals surface area (Å²) in [7, 11) is 1.80. The molecule has 5 rings (SSSR count). The molecule has 1 aliphatic rings. The van der Waals surface area contributed by atoms with Crippen molar-refractivity contribution in [3.8, 4) is 11.4 Å². The van der Waals surface area contributed by atoms with Crippen LogP contribution in [0.1, 0.15) is 12.7 Å². The van der Waals surface area contributed by atoms with Gasteiger partial charge in [-0.1, -0.05) is 66.4 Å². The van der Waals surface area contributed by atoms with Gasteiger partial charge < -0.3 is 4.74 Å². The summed E-state index contributed by atoms with van der Waals surface area (Å²) >= 11 is 1.21. The van der Waals surface area contributed by atoms with Crippen molar-refractivity contribution in [2.45, 2.75) is 24.7 Å². The van der Waals surface area contributed by atoms with Crippen molar-refractivity contribution in [1.82, 2.24) is 19.8 Å². The Bertz CT molecular complexity index is 1440. The monoisotopic (exact) mass is 526 g/mol. The highest BCUT2D eigenvalue weighted by Gasteiger charge is 2.40. The summed E-state index contributed by atoms with van der Waals surface area (Å²) in [5.74, 6) is 0.597. The van der Waals surface area contributed by atoms with Crippen LogP contribution in [0, 0.1) is 0 Å². The number of para-hydroxylation sites is 3. The number of thioether (sulfide) groups is 1. The van der Waals surface area contributed by atoms with Gasteiger partial charge in [-0.2, -0.15) is 0 Å². The molecule has 1 saturated heterocycles. The summed E-state index contributed by atoms with van der Waals surface area (Å²) in [5, 5.41) is 12.5. The van der Waals surface area contributed by atoms with Crippen molar-refractivity contribution in [2.75, 3.05) is 17.8 Å². The Morgan fingerprint density at radius 3 is 2.18 bits per heavy atom. The van der Waals surface area contributed by atoms with Crippen LogP contribution in [0.4, 0.5) is 5.69 Å². The molecule has 38 heavy (non-hydrogen) atoms. The number of hydrazine groups is 1. The molecule has 1 aliphatic heterocycles. The molecule has 1 unspecified atom stereocenters. The molecule has 1 atom stereocenters. The molecule has 0 spiro atoms. The van der Waals surface area contributed by atoms with E-state index in [4.69, 9.17) is 4.74 Å². The van der Waals surface area contributed by atoms with Gasteiger partial charge in [0.2, 0.25) is 0 Å². The van der Waals surface area contributed by atoms with Crippen molar-refractivity contribution in [1.29, 1.82) is 0 Å². The zero-order valence-electron chi connectivity index (χ0n) is 21.0. The van der Waals surface area contributed by atoms with Crippen molar-refractivity contribution in [3.05, 3.63) is 96.8 Å². The number of hydrogen-bond acceptors (Lipinski definition) is 7. The molecule has 1 aromatic heterocycles. The lowest BCUT2D eigenvalue weighted by atomic mass is 10.2. The summed E-state index contributed by atoms with van der Waals surface area (Å²) < 4.78 is 7.76. The first kappa shape index (κ1) is 25.4. The van der Waals surface area contributed by atoms with Crippen molar-refractivity contribution in [3.63, 3.8) is 0 Å². The van der Waals surface area contributed by atoms with Crippen LogP contribution in [-0.4, -0.2) is 56.1 Å². The molecule has 0 radical (unpaired) electrons. The second-order valence-electron chi connectivity index (χ2n) is 8.55. The quantitative estimate of drug-likeness (QED) is 0.318. The Morgan fingerprint density at radius 2 is 1.53 bits per heavy atom. The Kier molecular flexibility index (Phi) is 7.62. The largest absolute Gasteiger partial charge is 0.486 e. The van der Waals surface area contributed by atoms with Gasteiger partial charge in [0.1, 0.15) is 18.1 Å². The third-order valence-corrected chi connectivity index (χ3v) is 6.99. The summed E-state index contributed by atoms with van der Waals surface area (Å²) in [5.41, 5.74) is 1.79. The van der Waals surface area contributed by atoms with Crippen LogP contribution in [0.15, 0.2) is 101 Å². The van der Waals surface area contributed by atoms with Crippen molar-refractivity contribution < 1.29 is 14.3 Å². The van der Waals surface area contributed by atoms with Crippen LogP contribution in [0.5, 0.6) is 5.75 Å². The SMILES string of the molecule is CC1C(=NC(=O)CSc2nnc(COc3ccccc3)n2-c2ccccc2)C(=O)N(c2ccccc2)N1C. The maximum Gasteiger partial charge on any atom is 0.289 e. The van der Waals surface area contributed by atoms with E-state index in [1.165, 1.54) is 16.8 Å². The number of amides is 2. The molecule has 3 aromatic carbocycles. The number of hydrogen-bond donors (Lipinski definition) is 0. The summed E-state index contributed by atoms with van der Waals surface area (Å²) in [6.07, 6.45) is 0. The number of benzene rings is 3. The summed E-state index contributed by atoms with van der Waals surface area (Å²) in [4.78, 5) is 30.2. The highest BCUT2D eigenvalue weighted by atomic mass is 32.2. The maximum atomic E-state index is 13.1. The van der Waals surface area contributed by atoms with Crippen LogP contribution in [0.3, 0.4) is 0 Å². The number of nitrogens with zero attached hydrogens (tertiary/aromatic N) is 6. The fraction of sp³-hybridized carbons (Fsp3) is 0.179. The number of ether oxygens (including phenoxy) is 1. The Balaban J connectivity index is 1.32. The molecule has 0 aliphatic carbocycles. The van der Waals surface area contributed by atoms with Gasteiger partial charge in [-0.15, -0.1) is 10.2 Å². The van der Waals surface area contributed by atoms with Gasteiger partial charge >= 0.3 is 0 Å². The second kappa shape index (κ2) is 11.4. The highest BCUT2D eigenvalue weighted by Crippen LogP contribution is 2.26.